The monoisotopic (exact) mass is 345 g/mol. The molecule has 0 radical (unpaired) electrons. The van der Waals surface area contributed by atoms with Gasteiger partial charge in [-0.25, -0.2) is 0 Å². The third-order valence-electron chi connectivity index (χ3n) is 5.55. The highest BCUT2D eigenvalue weighted by Gasteiger charge is 2.29. The van der Waals surface area contributed by atoms with Gasteiger partial charge in [-0.1, -0.05) is 25.0 Å². The van der Waals surface area contributed by atoms with Crippen molar-refractivity contribution in [2.75, 3.05) is 39.8 Å². The summed E-state index contributed by atoms with van der Waals surface area (Å²) < 4.78 is 5.27. The molecule has 2 fully saturated rings. The molecule has 3 rings (SSSR count). The molecule has 0 aliphatic carbocycles. The molecule has 0 bridgehead atoms. The minimum atomic E-state index is 0.194. The summed E-state index contributed by atoms with van der Waals surface area (Å²) in [4.78, 5) is 17.6. The van der Waals surface area contributed by atoms with Gasteiger partial charge in [-0.2, -0.15) is 0 Å². The van der Waals surface area contributed by atoms with Crippen molar-refractivity contribution in [1.29, 1.82) is 0 Å². The number of carbonyl (C=O) groups is 1. The molecule has 138 valence electrons. The van der Waals surface area contributed by atoms with E-state index in [1.165, 1.54) is 18.4 Å². The van der Waals surface area contributed by atoms with Gasteiger partial charge in [-0.15, -0.1) is 0 Å². The van der Waals surface area contributed by atoms with E-state index in [0.717, 1.165) is 44.8 Å². The normalized spacial score (nSPS) is 25.4. The Hall–Kier alpha value is -1.59. The average molecular weight is 345 g/mol. The largest absolute Gasteiger partial charge is 0.497 e. The molecule has 2 saturated heterocycles. The molecule has 2 atom stereocenters. The zero-order valence-electron chi connectivity index (χ0n) is 15.5. The first-order valence-corrected chi connectivity index (χ1v) is 9.57. The van der Waals surface area contributed by atoms with Crippen LogP contribution in [0, 0.1) is 0 Å². The van der Waals surface area contributed by atoms with E-state index in [2.05, 4.69) is 34.2 Å². The van der Waals surface area contributed by atoms with Crippen molar-refractivity contribution in [3.05, 3.63) is 29.8 Å². The van der Waals surface area contributed by atoms with E-state index in [1.807, 2.05) is 12.1 Å². The van der Waals surface area contributed by atoms with Gasteiger partial charge in [0, 0.05) is 32.2 Å². The van der Waals surface area contributed by atoms with Crippen LogP contribution < -0.4 is 10.1 Å². The third kappa shape index (κ3) is 4.53. The third-order valence-corrected chi connectivity index (χ3v) is 5.55. The molecule has 1 unspecified atom stereocenters. The zero-order valence-corrected chi connectivity index (χ0v) is 15.5. The Bertz CT molecular complexity index is 561. The van der Waals surface area contributed by atoms with Crippen LogP contribution in [0.3, 0.4) is 0 Å². The molecule has 1 aromatic rings. The number of nitrogens with one attached hydrogen (secondary N) is 1. The number of hydrogen-bond donors (Lipinski definition) is 1. The lowest BCUT2D eigenvalue weighted by Crippen LogP contribution is -2.53. The summed E-state index contributed by atoms with van der Waals surface area (Å²) in [5.41, 5.74) is 1.23. The molecule has 5 heteroatoms. The van der Waals surface area contributed by atoms with E-state index in [9.17, 15) is 4.79 Å². The molecule has 0 aromatic heterocycles. The van der Waals surface area contributed by atoms with Gasteiger partial charge in [-0.3, -0.25) is 9.69 Å². The van der Waals surface area contributed by atoms with Crippen LogP contribution >= 0.6 is 0 Å². The Kier molecular flexibility index (Phi) is 6.32. The van der Waals surface area contributed by atoms with Gasteiger partial charge in [0.25, 0.3) is 0 Å². The lowest BCUT2D eigenvalue weighted by Gasteiger charge is -2.37. The maximum Gasteiger partial charge on any atom is 0.237 e. The fourth-order valence-corrected chi connectivity index (χ4v) is 3.96. The molecule has 2 aliphatic rings. The Morgan fingerprint density at radius 3 is 2.72 bits per heavy atom. The van der Waals surface area contributed by atoms with Crippen LogP contribution in [0.4, 0.5) is 0 Å². The number of amides is 1. The number of ether oxygens (including phenoxy) is 1. The standard InChI is InChI=1S/C20H31N3O2/c1-16-14-21-11-13-22(16)15-20(24)23-12-5-3-4-6-19(23)17-7-9-18(25-2)10-8-17/h7-10,16,19,21H,3-6,11-15H2,1-2H3/t16-,19?/m1/s1. The second-order valence-corrected chi connectivity index (χ2v) is 7.25. The number of rotatable bonds is 4. The van der Waals surface area contributed by atoms with Gasteiger partial charge in [0.15, 0.2) is 0 Å². The number of likely N-dealkylation sites (tertiary alicyclic amines) is 1. The molecule has 1 amide bonds. The molecule has 5 nitrogen and oxygen atoms in total. The first-order valence-electron chi connectivity index (χ1n) is 9.57. The van der Waals surface area contributed by atoms with Crippen molar-refractivity contribution in [3.8, 4) is 5.75 Å². The summed E-state index contributed by atoms with van der Waals surface area (Å²) in [5, 5.41) is 3.39. The topological polar surface area (TPSA) is 44.8 Å². The molecule has 0 spiro atoms. The highest BCUT2D eigenvalue weighted by molar-refractivity contribution is 5.79. The Balaban J connectivity index is 1.73. The highest BCUT2D eigenvalue weighted by atomic mass is 16.5. The first kappa shape index (κ1) is 18.2. The Morgan fingerprint density at radius 1 is 1.20 bits per heavy atom. The first-order chi connectivity index (χ1) is 12.2. The summed E-state index contributed by atoms with van der Waals surface area (Å²) in [6.07, 6.45) is 4.55. The summed E-state index contributed by atoms with van der Waals surface area (Å²) in [5.74, 6) is 1.14. The number of carbonyl (C=O) groups excluding carboxylic acids is 1. The minimum absolute atomic E-state index is 0.194. The molecule has 1 aromatic carbocycles. The van der Waals surface area contributed by atoms with Crippen molar-refractivity contribution in [3.63, 3.8) is 0 Å². The zero-order chi connectivity index (χ0) is 17.6. The number of nitrogens with zero attached hydrogens (tertiary/aromatic N) is 2. The van der Waals surface area contributed by atoms with Crippen molar-refractivity contribution < 1.29 is 9.53 Å². The number of benzene rings is 1. The fraction of sp³-hybridized carbons (Fsp3) is 0.650. The SMILES string of the molecule is COc1ccc(C2CCCCCN2C(=O)CN2CCNC[C@H]2C)cc1. The molecule has 2 heterocycles. The van der Waals surface area contributed by atoms with Crippen LogP contribution in [0.2, 0.25) is 0 Å². The van der Waals surface area contributed by atoms with Crippen molar-refractivity contribution in [1.82, 2.24) is 15.1 Å². The summed E-state index contributed by atoms with van der Waals surface area (Å²) in [6.45, 7) is 6.50. The van der Waals surface area contributed by atoms with E-state index in [0.29, 0.717) is 12.6 Å². The number of piperazine rings is 1. The fourth-order valence-electron chi connectivity index (χ4n) is 3.96. The van der Waals surface area contributed by atoms with E-state index < -0.39 is 0 Å². The molecular formula is C20H31N3O2. The summed E-state index contributed by atoms with van der Waals surface area (Å²) >= 11 is 0. The van der Waals surface area contributed by atoms with E-state index in [4.69, 9.17) is 4.74 Å². The predicted molar refractivity (Wildman–Crippen MR) is 99.8 cm³/mol. The van der Waals surface area contributed by atoms with Crippen LogP contribution in [0.25, 0.3) is 0 Å². The van der Waals surface area contributed by atoms with Crippen LogP contribution in [0.15, 0.2) is 24.3 Å². The quantitative estimate of drug-likeness (QED) is 0.910. The van der Waals surface area contributed by atoms with Gasteiger partial charge < -0.3 is 15.0 Å². The maximum absolute atomic E-state index is 13.1. The lowest BCUT2D eigenvalue weighted by atomic mass is 10.0. The van der Waals surface area contributed by atoms with Gasteiger partial charge in [-0.05, 0) is 37.5 Å². The van der Waals surface area contributed by atoms with Crippen LogP contribution in [0.5, 0.6) is 5.75 Å². The average Bonchev–Trinajstić information content (AvgIpc) is 2.90. The maximum atomic E-state index is 13.1. The van der Waals surface area contributed by atoms with Crippen molar-refractivity contribution in [2.24, 2.45) is 0 Å². The lowest BCUT2D eigenvalue weighted by molar-refractivity contribution is -0.135. The van der Waals surface area contributed by atoms with Crippen LogP contribution in [-0.4, -0.2) is 61.6 Å². The van der Waals surface area contributed by atoms with Gasteiger partial charge in [0.2, 0.25) is 5.91 Å². The predicted octanol–water partition coefficient (Wildman–Crippen LogP) is 2.43. The minimum Gasteiger partial charge on any atom is -0.497 e. The molecule has 1 N–H and O–H groups in total. The van der Waals surface area contributed by atoms with Crippen LogP contribution in [0.1, 0.15) is 44.2 Å². The number of methoxy groups -OCH3 is 1. The van der Waals surface area contributed by atoms with E-state index in [1.54, 1.807) is 7.11 Å². The smallest absolute Gasteiger partial charge is 0.237 e. The molecule has 0 saturated carbocycles. The van der Waals surface area contributed by atoms with E-state index >= 15 is 0 Å². The van der Waals surface area contributed by atoms with Crippen molar-refractivity contribution in [2.45, 2.75) is 44.7 Å². The van der Waals surface area contributed by atoms with E-state index in [-0.39, 0.29) is 11.9 Å². The second kappa shape index (κ2) is 8.68. The molecule has 2 aliphatic heterocycles. The Labute approximate surface area is 151 Å². The summed E-state index contributed by atoms with van der Waals surface area (Å²) in [7, 11) is 1.69. The van der Waals surface area contributed by atoms with Gasteiger partial charge in [0.1, 0.15) is 5.75 Å². The highest BCUT2D eigenvalue weighted by Crippen LogP contribution is 2.31. The summed E-state index contributed by atoms with van der Waals surface area (Å²) in [6, 6.07) is 8.84. The van der Waals surface area contributed by atoms with Crippen molar-refractivity contribution >= 4 is 5.91 Å². The van der Waals surface area contributed by atoms with Gasteiger partial charge in [0.05, 0.1) is 19.7 Å². The molecular weight excluding hydrogens is 314 g/mol. The number of hydrogen-bond acceptors (Lipinski definition) is 4. The Morgan fingerprint density at radius 2 is 2.00 bits per heavy atom. The molecule has 25 heavy (non-hydrogen) atoms. The van der Waals surface area contributed by atoms with Gasteiger partial charge >= 0.3 is 0 Å². The van der Waals surface area contributed by atoms with Crippen LogP contribution in [-0.2, 0) is 4.79 Å². The second-order valence-electron chi connectivity index (χ2n) is 7.25.